The van der Waals surface area contributed by atoms with Crippen LogP contribution in [0.25, 0.3) is 0 Å². The fourth-order valence-electron chi connectivity index (χ4n) is 0.440. The second kappa shape index (κ2) is 4.05. The number of hydrogen-bond donors (Lipinski definition) is 0. The van der Waals surface area contributed by atoms with Gasteiger partial charge in [-0.1, -0.05) is 0 Å². The van der Waals surface area contributed by atoms with E-state index >= 15 is 0 Å². The van der Waals surface area contributed by atoms with Crippen molar-refractivity contribution < 1.29 is 9.78 Å². The minimum Gasteiger partial charge on any atom is -0.237 e. The quantitative estimate of drug-likeness (QED) is 0.411. The molecule has 0 spiro atoms. The Bertz CT molecular complexity index is 25.2. The maximum atomic E-state index is 4.57. The van der Waals surface area contributed by atoms with Crippen molar-refractivity contribution in [3.8, 4) is 0 Å². The van der Waals surface area contributed by atoms with Crippen molar-refractivity contribution in [3.05, 3.63) is 0 Å². The van der Waals surface area contributed by atoms with Gasteiger partial charge in [-0.05, 0) is 12.8 Å². The Morgan fingerprint density at radius 1 is 0.857 bits per heavy atom. The molecule has 0 amide bonds. The Hall–Kier alpha value is -0.120. The van der Waals surface area contributed by atoms with Crippen molar-refractivity contribution in [2.45, 2.75) is 12.8 Å². The van der Waals surface area contributed by atoms with Crippen LogP contribution in [0, 0.1) is 0 Å². The van der Waals surface area contributed by atoms with Crippen LogP contribution >= 0.6 is 0 Å². The molecule has 7 heavy (non-hydrogen) atoms. The summed E-state index contributed by atoms with van der Waals surface area (Å²) in [6.45, 7) is 1.56. The second-order valence-corrected chi connectivity index (χ2v) is 1.35. The predicted octanol–water partition coefficient (Wildman–Crippen LogP) is 0.248. The summed E-state index contributed by atoms with van der Waals surface area (Å²) >= 11 is 0. The zero-order valence-corrected chi connectivity index (χ0v) is 4.09. The molecule has 1 fully saturated rings. The molecular weight excluding hydrogens is 94.0 g/mol. The molecule has 0 aromatic carbocycles. The molecule has 1 aliphatic heterocycles. The van der Waals surface area contributed by atoms with Gasteiger partial charge in [0.1, 0.15) is 0 Å². The smallest absolute Gasteiger partial charge is 0.0823 e. The van der Waals surface area contributed by atoms with Crippen LogP contribution in [0.4, 0.5) is 0 Å². The van der Waals surface area contributed by atoms with E-state index in [9.17, 15) is 0 Å². The second-order valence-electron chi connectivity index (χ2n) is 1.35. The van der Waals surface area contributed by atoms with E-state index in [4.69, 9.17) is 0 Å². The third-order valence-corrected chi connectivity index (χ3v) is 0.789. The Kier molecular flexibility index (Phi) is 3.98. The first-order chi connectivity index (χ1) is 3.00. The third kappa shape index (κ3) is 2.56. The number of rotatable bonds is 0. The number of nitrogens with zero attached hydrogens (tertiary/aromatic N) is 1. The van der Waals surface area contributed by atoms with Gasteiger partial charge in [-0.25, -0.2) is 9.78 Å². The highest BCUT2D eigenvalue weighted by molar-refractivity contribution is 4.36. The highest BCUT2D eigenvalue weighted by Crippen LogP contribution is 1.97. The summed E-state index contributed by atoms with van der Waals surface area (Å²) < 4.78 is 0. The normalized spacial score (nSPS) is 20.6. The summed E-state index contributed by atoms with van der Waals surface area (Å²) in [5.41, 5.74) is 0. The molecule has 0 aromatic heterocycles. The van der Waals surface area contributed by atoms with Gasteiger partial charge in [-0.2, -0.15) is 0 Å². The molecule has 1 rings (SSSR count). The van der Waals surface area contributed by atoms with Gasteiger partial charge in [0, 0.05) is 6.15 Å². The summed E-state index contributed by atoms with van der Waals surface area (Å²) in [6, 6.07) is 0. The lowest BCUT2D eigenvalue weighted by Crippen LogP contribution is -2.05. The standard InChI is InChI=1S/C4H8O2.N/c1-2-4-6-5-3-1;/h1-4H2;. The average Bonchev–Trinajstić information content (AvgIpc) is 1.72. The molecule has 0 atom stereocenters. The summed E-state index contributed by atoms with van der Waals surface area (Å²) in [6.07, 6.45) is 2.31. The molecule has 3 radical (unpaired) electrons. The molecule has 3 heteroatoms. The molecule has 0 unspecified atom stereocenters. The van der Waals surface area contributed by atoms with Gasteiger partial charge in [0.25, 0.3) is 0 Å². The van der Waals surface area contributed by atoms with Crippen LogP contribution in [-0.4, -0.2) is 13.2 Å². The first kappa shape index (κ1) is 6.88. The Morgan fingerprint density at radius 2 is 1.29 bits per heavy atom. The van der Waals surface area contributed by atoms with Crippen LogP contribution in [0.1, 0.15) is 12.8 Å². The Balaban J connectivity index is 0.000000360. The van der Waals surface area contributed by atoms with Gasteiger partial charge < -0.3 is 0 Å². The van der Waals surface area contributed by atoms with Gasteiger partial charge >= 0.3 is 0 Å². The van der Waals surface area contributed by atoms with Crippen molar-refractivity contribution in [1.82, 2.24) is 6.15 Å². The van der Waals surface area contributed by atoms with Gasteiger partial charge in [0.2, 0.25) is 0 Å². The molecule has 0 N–H and O–H groups in total. The minimum atomic E-state index is 0. The molecule has 0 bridgehead atoms. The van der Waals surface area contributed by atoms with E-state index in [1.54, 1.807) is 0 Å². The van der Waals surface area contributed by atoms with E-state index in [0.717, 1.165) is 26.1 Å². The van der Waals surface area contributed by atoms with E-state index in [2.05, 4.69) is 9.78 Å². The summed E-state index contributed by atoms with van der Waals surface area (Å²) in [7, 11) is 0. The van der Waals surface area contributed by atoms with E-state index in [1.807, 2.05) is 0 Å². The van der Waals surface area contributed by atoms with E-state index in [1.165, 1.54) is 0 Å². The van der Waals surface area contributed by atoms with E-state index in [-0.39, 0.29) is 6.15 Å². The van der Waals surface area contributed by atoms with Gasteiger partial charge in [-0.3, -0.25) is 0 Å². The summed E-state index contributed by atoms with van der Waals surface area (Å²) in [5, 5.41) is 0. The molecular formula is C4H8NO2. The monoisotopic (exact) mass is 102 g/mol. The Labute approximate surface area is 43.1 Å². The van der Waals surface area contributed by atoms with Crippen molar-refractivity contribution in [3.63, 3.8) is 0 Å². The lowest BCUT2D eigenvalue weighted by Gasteiger charge is -2.07. The van der Waals surface area contributed by atoms with Gasteiger partial charge in [0.05, 0.1) is 13.2 Å². The molecule has 1 saturated heterocycles. The van der Waals surface area contributed by atoms with Crippen molar-refractivity contribution in [2.75, 3.05) is 13.2 Å². The molecule has 0 aromatic rings. The van der Waals surface area contributed by atoms with Gasteiger partial charge in [0.15, 0.2) is 0 Å². The first-order valence-electron chi connectivity index (χ1n) is 2.24. The van der Waals surface area contributed by atoms with E-state index in [0.29, 0.717) is 0 Å². The van der Waals surface area contributed by atoms with Crippen LogP contribution in [0.2, 0.25) is 0 Å². The van der Waals surface area contributed by atoms with Crippen molar-refractivity contribution in [2.24, 2.45) is 0 Å². The first-order valence-corrected chi connectivity index (χ1v) is 2.24. The topological polar surface area (TPSA) is 49.0 Å². The molecule has 0 saturated carbocycles. The fraction of sp³-hybridized carbons (Fsp3) is 1.00. The molecule has 41 valence electrons. The zero-order valence-electron chi connectivity index (χ0n) is 4.09. The maximum Gasteiger partial charge on any atom is 0.0823 e. The molecule has 1 aliphatic rings. The van der Waals surface area contributed by atoms with Crippen LogP contribution in [-0.2, 0) is 9.78 Å². The average molecular weight is 102 g/mol. The molecule has 1 heterocycles. The lowest BCUT2D eigenvalue weighted by molar-refractivity contribution is -0.312. The van der Waals surface area contributed by atoms with Crippen molar-refractivity contribution in [1.29, 1.82) is 0 Å². The fourth-order valence-corrected chi connectivity index (χ4v) is 0.440. The third-order valence-electron chi connectivity index (χ3n) is 0.789. The highest BCUT2D eigenvalue weighted by atomic mass is 17.2. The summed E-state index contributed by atoms with van der Waals surface area (Å²) in [5.74, 6) is 0. The molecule has 0 aliphatic carbocycles. The van der Waals surface area contributed by atoms with Crippen LogP contribution in [0.3, 0.4) is 0 Å². The minimum absolute atomic E-state index is 0. The van der Waals surface area contributed by atoms with Crippen molar-refractivity contribution >= 4 is 0 Å². The largest absolute Gasteiger partial charge is 0.237 e. The molecule has 3 nitrogen and oxygen atoms in total. The lowest BCUT2D eigenvalue weighted by atomic mass is 10.3. The van der Waals surface area contributed by atoms with Crippen LogP contribution in [0.5, 0.6) is 0 Å². The highest BCUT2D eigenvalue weighted by Gasteiger charge is 1.95. The summed E-state index contributed by atoms with van der Waals surface area (Å²) in [4.78, 5) is 9.14. The van der Waals surface area contributed by atoms with Gasteiger partial charge in [-0.15, -0.1) is 0 Å². The zero-order chi connectivity index (χ0) is 4.24. The predicted molar refractivity (Wildman–Crippen MR) is 23.3 cm³/mol. The van der Waals surface area contributed by atoms with Crippen LogP contribution < -0.4 is 6.15 Å². The van der Waals surface area contributed by atoms with E-state index < -0.39 is 0 Å². The SMILES string of the molecule is C1CCOOC1.[N]. The maximum absolute atomic E-state index is 4.57. The Morgan fingerprint density at radius 3 is 1.43 bits per heavy atom. The van der Waals surface area contributed by atoms with Crippen LogP contribution in [0.15, 0.2) is 0 Å². The number of hydrogen-bond acceptors (Lipinski definition) is 2.